The summed E-state index contributed by atoms with van der Waals surface area (Å²) in [6.07, 6.45) is 4.82. The van der Waals surface area contributed by atoms with Gasteiger partial charge in [-0.25, -0.2) is 0 Å². The number of hydrogen-bond donors (Lipinski definition) is 7. The Labute approximate surface area is 250 Å². The molecular formula is C30H57NO11. The third kappa shape index (κ3) is 12.2. The maximum Gasteiger partial charge on any atom is 0.217 e. The first-order valence-corrected chi connectivity index (χ1v) is 16.0. The van der Waals surface area contributed by atoms with E-state index in [1.807, 2.05) is 0 Å². The molecule has 0 radical (unpaired) electrons. The number of rotatable bonds is 21. The maximum absolute atomic E-state index is 11.7. The molecule has 2 fully saturated rings. The van der Waals surface area contributed by atoms with Gasteiger partial charge in [0.25, 0.3) is 0 Å². The molecule has 2 heterocycles. The van der Waals surface area contributed by atoms with E-state index in [1.54, 1.807) is 0 Å². The summed E-state index contributed by atoms with van der Waals surface area (Å²) < 4.78 is 22.7. The molecule has 2 aliphatic rings. The SMILES string of the molecule is CCCCCCCCCCCCCCCCO[C@@H]1O[C@H](CO)[C@H](O[C@@H]2O[C@H](CO)[C@H](O)[C@H](O)[C@H]2NC(C)=O)[C@H](O)[C@H]1O. The molecule has 248 valence electrons. The van der Waals surface area contributed by atoms with Gasteiger partial charge in [0.2, 0.25) is 5.91 Å². The van der Waals surface area contributed by atoms with Crippen LogP contribution in [0.4, 0.5) is 0 Å². The summed E-state index contributed by atoms with van der Waals surface area (Å²) in [6.45, 7) is 2.53. The van der Waals surface area contributed by atoms with Crippen LogP contribution in [0.3, 0.4) is 0 Å². The van der Waals surface area contributed by atoms with Crippen molar-refractivity contribution in [2.24, 2.45) is 0 Å². The Morgan fingerprint density at radius 1 is 0.667 bits per heavy atom. The van der Waals surface area contributed by atoms with Crippen LogP contribution >= 0.6 is 0 Å². The number of carbonyl (C=O) groups excluding carboxylic acids is 1. The van der Waals surface area contributed by atoms with Crippen molar-refractivity contribution in [2.45, 2.75) is 165 Å². The van der Waals surface area contributed by atoms with Gasteiger partial charge in [0, 0.05) is 13.5 Å². The van der Waals surface area contributed by atoms with Gasteiger partial charge < -0.3 is 54.9 Å². The first kappa shape index (κ1) is 37.3. The van der Waals surface area contributed by atoms with Gasteiger partial charge >= 0.3 is 0 Å². The summed E-state index contributed by atoms with van der Waals surface area (Å²) >= 11 is 0. The lowest BCUT2D eigenvalue weighted by molar-refractivity contribution is -0.347. The van der Waals surface area contributed by atoms with Gasteiger partial charge in [-0.15, -0.1) is 0 Å². The lowest BCUT2D eigenvalue weighted by Gasteiger charge is -2.47. The monoisotopic (exact) mass is 607 g/mol. The van der Waals surface area contributed by atoms with Gasteiger partial charge in [-0.05, 0) is 6.42 Å². The molecule has 0 aromatic carbocycles. The second-order valence-corrected chi connectivity index (χ2v) is 11.7. The topological polar surface area (TPSA) is 187 Å². The van der Waals surface area contributed by atoms with Gasteiger partial charge in [0.05, 0.1) is 13.2 Å². The van der Waals surface area contributed by atoms with E-state index in [9.17, 15) is 35.4 Å². The number of amides is 1. The predicted molar refractivity (Wildman–Crippen MR) is 154 cm³/mol. The molecule has 0 aromatic heterocycles. The Bertz CT molecular complexity index is 715. The molecule has 0 aromatic rings. The van der Waals surface area contributed by atoms with Gasteiger partial charge in [0.1, 0.15) is 48.8 Å². The van der Waals surface area contributed by atoms with E-state index in [0.29, 0.717) is 6.61 Å². The number of carbonyl (C=O) groups is 1. The smallest absolute Gasteiger partial charge is 0.217 e. The summed E-state index contributed by atoms with van der Waals surface area (Å²) in [5.41, 5.74) is 0. The van der Waals surface area contributed by atoms with Crippen LogP contribution in [0.25, 0.3) is 0 Å². The minimum Gasteiger partial charge on any atom is -0.394 e. The normalized spacial score (nSPS) is 33.5. The van der Waals surface area contributed by atoms with Gasteiger partial charge in [-0.3, -0.25) is 4.79 Å². The zero-order chi connectivity index (χ0) is 30.9. The van der Waals surface area contributed by atoms with Crippen molar-refractivity contribution in [3.63, 3.8) is 0 Å². The highest BCUT2D eigenvalue weighted by molar-refractivity contribution is 5.73. The number of aliphatic hydroxyl groups is 6. The molecule has 2 aliphatic heterocycles. The first-order valence-electron chi connectivity index (χ1n) is 16.0. The van der Waals surface area contributed by atoms with Crippen molar-refractivity contribution in [1.82, 2.24) is 5.32 Å². The van der Waals surface area contributed by atoms with Crippen molar-refractivity contribution < 1.29 is 54.4 Å². The van der Waals surface area contributed by atoms with Crippen LogP contribution in [0, 0.1) is 0 Å². The van der Waals surface area contributed by atoms with Crippen molar-refractivity contribution in [3.8, 4) is 0 Å². The van der Waals surface area contributed by atoms with Crippen LogP contribution in [0.2, 0.25) is 0 Å². The molecule has 0 unspecified atom stereocenters. The van der Waals surface area contributed by atoms with Gasteiger partial charge in [0.15, 0.2) is 12.6 Å². The summed E-state index contributed by atoms with van der Waals surface area (Å²) in [4.78, 5) is 11.7. The van der Waals surface area contributed by atoms with Crippen LogP contribution in [0.1, 0.15) is 104 Å². The molecule has 0 bridgehead atoms. The Balaban J connectivity index is 1.71. The average molecular weight is 608 g/mol. The molecule has 0 aliphatic carbocycles. The largest absolute Gasteiger partial charge is 0.394 e. The third-order valence-electron chi connectivity index (χ3n) is 8.14. The number of aliphatic hydroxyl groups excluding tert-OH is 6. The molecule has 1 amide bonds. The van der Waals surface area contributed by atoms with Crippen molar-refractivity contribution in [3.05, 3.63) is 0 Å². The molecule has 12 nitrogen and oxygen atoms in total. The minimum absolute atomic E-state index is 0.314. The van der Waals surface area contributed by atoms with Crippen molar-refractivity contribution >= 4 is 5.91 Å². The van der Waals surface area contributed by atoms with E-state index in [0.717, 1.165) is 19.3 Å². The maximum atomic E-state index is 11.7. The summed E-state index contributed by atoms with van der Waals surface area (Å²) in [5.74, 6) is -0.540. The molecule has 10 atom stereocenters. The number of nitrogens with one attached hydrogen (secondary N) is 1. The van der Waals surface area contributed by atoms with Crippen LogP contribution in [-0.4, -0.2) is 118 Å². The molecule has 12 heteroatoms. The van der Waals surface area contributed by atoms with E-state index in [4.69, 9.17) is 18.9 Å². The fraction of sp³-hybridized carbons (Fsp3) is 0.967. The summed E-state index contributed by atoms with van der Waals surface area (Å²) in [6, 6.07) is -1.25. The van der Waals surface area contributed by atoms with Crippen LogP contribution in [0.5, 0.6) is 0 Å². The predicted octanol–water partition coefficient (Wildman–Crippen LogP) is 1.25. The van der Waals surface area contributed by atoms with Gasteiger partial charge in [-0.2, -0.15) is 0 Å². The molecule has 0 saturated carbocycles. The molecule has 2 saturated heterocycles. The van der Waals surface area contributed by atoms with E-state index in [2.05, 4.69) is 12.2 Å². The highest BCUT2D eigenvalue weighted by Gasteiger charge is 2.51. The Kier molecular flexibility index (Phi) is 18.6. The van der Waals surface area contributed by atoms with Crippen LogP contribution < -0.4 is 5.32 Å². The molecule has 42 heavy (non-hydrogen) atoms. The lowest BCUT2D eigenvalue weighted by atomic mass is 9.95. The standard InChI is InChI=1S/C30H57NO11/c1-3-4-5-6-7-8-9-10-11-12-13-14-15-16-17-39-30-27(38)26(37)28(22(19-33)41-30)42-29-23(31-20(2)34)25(36)24(35)21(18-32)40-29/h21-30,32-33,35-38H,3-19H2,1-2H3,(H,31,34)/t21-,22-,23-,24+,25-,26-,27-,28+,29+,30-/m1/s1. The van der Waals surface area contributed by atoms with Crippen LogP contribution in [-0.2, 0) is 23.7 Å². The summed E-state index contributed by atoms with van der Waals surface area (Å²) in [5, 5.41) is 64.0. The molecule has 7 N–H and O–H groups in total. The lowest BCUT2D eigenvalue weighted by Crippen LogP contribution is -2.67. The average Bonchev–Trinajstić information content (AvgIpc) is 2.97. The fourth-order valence-corrected chi connectivity index (χ4v) is 5.60. The molecule has 2 rings (SSSR count). The fourth-order valence-electron chi connectivity index (χ4n) is 5.60. The van der Waals surface area contributed by atoms with Crippen molar-refractivity contribution in [1.29, 1.82) is 0 Å². The second-order valence-electron chi connectivity index (χ2n) is 11.7. The van der Waals surface area contributed by atoms with Crippen molar-refractivity contribution in [2.75, 3.05) is 19.8 Å². The third-order valence-corrected chi connectivity index (χ3v) is 8.14. The number of ether oxygens (including phenoxy) is 4. The highest BCUT2D eigenvalue weighted by atomic mass is 16.7. The van der Waals surface area contributed by atoms with E-state index < -0.39 is 80.5 Å². The number of hydrogen-bond acceptors (Lipinski definition) is 11. The zero-order valence-electron chi connectivity index (χ0n) is 25.5. The minimum atomic E-state index is -1.56. The van der Waals surface area contributed by atoms with Crippen LogP contribution in [0.15, 0.2) is 0 Å². The zero-order valence-corrected chi connectivity index (χ0v) is 25.5. The Hall–Kier alpha value is -0.930. The highest BCUT2D eigenvalue weighted by Crippen LogP contribution is 2.29. The van der Waals surface area contributed by atoms with E-state index >= 15 is 0 Å². The van der Waals surface area contributed by atoms with Gasteiger partial charge in [-0.1, -0.05) is 90.4 Å². The first-order chi connectivity index (χ1) is 20.2. The quantitative estimate of drug-likeness (QED) is 0.0931. The van der Waals surface area contributed by atoms with E-state index in [1.165, 1.54) is 77.6 Å². The second kappa shape index (κ2) is 20.9. The Morgan fingerprint density at radius 3 is 1.67 bits per heavy atom. The number of unbranched alkanes of at least 4 members (excludes halogenated alkanes) is 13. The molecule has 0 spiro atoms. The Morgan fingerprint density at radius 2 is 1.17 bits per heavy atom. The van der Waals surface area contributed by atoms with E-state index in [-0.39, 0.29) is 0 Å². The molecular weight excluding hydrogens is 550 g/mol. The summed E-state index contributed by atoms with van der Waals surface area (Å²) in [7, 11) is 0.